The molecule has 0 atom stereocenters. The number of carbonyl (C=O) groups excluding carboxylic acids is 1. The van der Waals surface area contributed by atoms with Gasteiger partial charge in [-0.2, -0.15) is 0 Å². The zero-order valence-corrected chi connectivity index (χ0v) is 16.7. The molecular weight excluding hydrogens is 372 g/mol. The standard InChI is InChI=1S/C22H20N2O3S/c1-14-4-7-19(8-5-14)28-21-9-6-17(13-20(21)24(26)27)22(25)23-18-11-15(2)10-16(3)12-18/h4-13H,1-3H3,(H,23,25). The molecule has 0 aliphatic heterocycles. The predicted octanol–water partition coefficient (Wildman–Crippen LogP) is 5.92. The Bertz CT molecular complexity index is 1030. The first-order valence-electron chi connectivity index (χ1n) is 8.74. The highest BCUT2D eigenvalue weighted by molar-refractivity contribution is 7.99. The van der Waals surface area contributed by atoms with Crippen molar-refractivity contribution < 1.29 is 9.72 Å². The van der Waals surface area contributed by atoms with Gasteiger partial charge in [0.25, 0.3) is 11.6 Å². The van der Waals surface area contributed by atoms with Crippen LogP contribution < -0.4 is 5.32 Å². The van der Waals surface area contributed by atoms with Crippen LogP contribution in [-0.4, -0.2) is 10.8 Å². The molecule has 0 unspecified atom stereocenters. The molecule has 0 radical (unpaired) electrons. The summed E-state index contributed by atoms with van der Waals surface area (Å²) in [5, 5.41) is 14.4. The number of aryl methyl sites for hydroxylation is 3. The Morgan fingerprint density at radius 2 is 1.54 bits per heavy atom. The minimum absolute atomic E-state index is 0.0846. The molecule has 1 amide bonds. The molecule has 3 rings (SSSR count). The third-order valence-electron chi connectivity index (χ3n) is 4.15. The molecule has 0 spiro atoms. The van der Waals surface area contributed by atoms with Gasteiger partial charge in [0.05, 0.1) is 9.82 Å². The van der Waals surface area contributed by atoms with Crippen molar-refractivity contribution in [2.24, 2.45) is 0 Å². The van der Waals surface area contributed by atoms with Crippen LogP contribution in [0.1, 0.15) is 27.0 Å². The summed E-state index contributed by atoms with van der Waals surface area (Å²) in [7, 11) is 0. The second kappa shape index (κ2) is 8.27. The maximum absolute atomic E-state index is 12.6. The molecule has 0 fully saturated rings. The van der Waals surface area contributed by atoms with Crippen LogP contribution in [0.5, 0.6) is 0 Å². The topological polar surface area (TPSA) is 72.2 Å². The Morgan fingerprint density at radius 1 is 0.893 bits per heavy atom. The Morgan fingerprint density at radius 3 is 2.14 bits per heavy atom. The van der Waals surface area contributed by atoms with Crippen LogP contribution in [0.2, 0.25) is 0 Å². The van der Waals surface area contributed by atoms with Crippen LogP contribution in [0.15, 0.2) is 70.5 Å². The smallest absolute Gasteiger partial charge is 0.284 e. The maximum atomic E-state index is 12.6. The Kier molecular flexibility index (Phi) is 5.80. The summed E-state index contributed by atoms with van der Waals surface area (Å²) in [4.78, 5) is 25.1. The first kappa shape index (κ1) is 19.6. The quantitative estimate of drug-likeness (QED) is 0.432. The van der Waals surface area contributed by atoms with E-state index in [1.165, 1.54) is 17.8 Å². The summed E-state index contributed by atoms with van der Waals surface area (Å²) in [5.74, 6) is -0.375. The average molecular weight is 392 g/mol. The van der Waals surface area contributed by atoms with Gasteiger partial charge in [-0.05, 0) is 68.3 Å². The highest BCUT2D eigenvalue weighted by Gasteiger charge is 2.19. The molecule has 5 nitrogen and oxygen atoms in total. The highest BCUT2D eigenvalue weighted by atomic mass is 32.2. The lowest BCUT2D eigenvalue weighted by molar-refractivity contribution is -0.387. The van der Waals surface area contributed by atoms with Crippen molar-refractivity contribution >= 4 is 29.0 Å². The molecule has 0 saturated heterocycles. The third kappa shape index (κ3) is 4.78. The van der Waals surface area contributed by atoms with Crippen molar-refractivity contribution in [3.63, 3.8) is 0 Å². The van der Waals surface area contributed by atoms with E-state index in [2.05, 4.69) is 5.32 Å². The van der Waals surface area contributed by atoms with Crippen molar-refractivity contribution in [3.8, 4) is 0 Å². The normalized spacial score (nSPS) is 10.5. The van der Waals surface area contributed by atoms with E-state index < -0.39 is 4.92 Å². The molecule has 3 aromatic rings. The van der Waals surface area contributed by atoms with E-state index >= 15 is 0 Å². The first-order chi connectivity index (χ1) is 13.3. The lowest BCUT2D eigenvalue weighted by atomic mass is 10.1. The number of anilines is 1. The van der Waals surface area contributed by atoms with Gasteiger partial charge in [-0.25, -0.2) is 0 Å². The lowest BCUT2D eigenvalue weighted by Crippen LogP contribution is -2.12. The van der Waals surface area contributed by atoms with Crippen LogP contribution >= 0.6 is 11.8 Å². The number of carbonyl (C=O) groups is 1. The van der Waals surface area contributed by atoms with Gasteiger partial charge in [0, 0.05) is 22.2 Å². The van der Waals surface area contributed by atoms with Gasteiger partial charge in [0.1, 0.15) is 0 Å². The van der Waals surface area contributed by atoms with Gasteiger partial charge in [0.2, 0.25) is 0 Å². The SMILES string of the molecule is Cc1ccc(Sc2ccc(C(=O)Nc3cc(C)cc(C)c3)cc2[N+](=O)[O-])cc1. The largest absolute Gasteiger partial charge is 0.322 e. The summed E-state index contributed by atoms with van der Waals surface area (Å²) in [5.41, 5.74) is 4.02. The van der Waals surface area contributed by atoms with Gasteiger partial charge in [-0.1, -0.05) is 35.5 Å². The molecule has 3 aromatic carbocycles. The van der Waals surface area contributed by atoms with Crippen LogP contribution in [0.25, 0.3) is 0 Å². The fourth-order valence-electron chi connectivity index (χ4n) is 2.87. The molecule has 142 valence electrons. The van der Waals surface area contributed by atoms with E-state index in [-0.39, 0.29) is 17.2 Å². The van der Waals surface area contributed by atoms with Crippen LogP contribution in [0.4, 0.5) is 11.4 Å². The number of hydrogen-bond donors (Lipinski definition) is 1. The van der Waals surface area contributed by atoms with Gasteiger partial charge in [-0.3, -0.25) is 14.9 Å². The first-order valence-corrected chi connectivity index (χ1v) is 9.56. The molecule has 6 heteroatoms. The summed E-state index contributed by atoms with van der Waals surface area (Å²) in [6, 6.07) is 18.1. The highest BCUT2D eigenvalue weighted by Crippen LogP contribution is 2.35. The fraction of sp³-hybridized carbons (Fsp3) is 0.136. The van der Waals surface area contributed by atoms with Crippen LogP contribution in [0.3, 0.4) is 0 Å². The molecule has 0 heterocycles. The predicted molar refractivity (Wildman–Crippen MR) is 112 cm³/mol. The number of nitrogens with zero attached hydrogens (tertiary/aromatic N) is 1. The van der Waals surface area contributed by atoms with Crippen LogP contribution in [0, 0.1) is 30.9 Å². The monoisotopic (exact) mass is 392 g/mol. The van der Waals surface area contributed by atoms with Crippen molar-refractivity contribution in [3.05, 3.63) is 93.0 Å². The minimum Gasteiger partial charge on any atom is -0.322 e. The fourth-order valence-corrected chi connectivity index (χ4v) is 3.77. The molecule has 0 bridgehead atoms. The molecule has 0 aliphatic rings. The van der Waals surface area contributed by atoms with Gasteiger partial charge in [-0.15, -0.1) is 0 Å². The summed E-state index contributed by atoms with van der Waals surface area (Å²) in [6.07, 6.45) is 0. The van der Waals surface area contributed by atoms with E-state index in [0.29, 0.717) is 10.6 Å². The van der Waals surface area contributed by atoms with Gasteiger partial charge >= 0.3 is 0 Å². The second-order valence-electron chi connectivity index (χ2n) is 6.69. The second-order valence-corrected chi connectivity index (χ2v) is 7.80. The van der Waals surface area contributed by atoms with Crippen molar-refractivity contribution in [2.75, 3.05) is 5.32 Å². The number of hydrogen-bond acceptors (Lipinski definition) is 4. The van der Waals surface area contributed by atoms with E-state index in [4.69, 9.17) is 0 Å². The number of nitro groups is 1. The van der Waals surface area contributed by atoms with Gasteiger partial charge < -0.3 is 5.32 Å². The molecule has 28 heavy (non-hydrogen) atoms. The van der Waals surface area contributed by atoms with E-state index in [0.717, 1.165) is 21.6 Å². The number of amides is 1. The Hall–Kier alpha value is -3.12. The summed E-state index contributed by atoms with van der Waals surface area (Å²) in [6.45, 7) is 5.88. The van der Waals surface area contributed by atoms with Crippen molar-refractivity contribution in [2.45, 2.75) is 30.6 Å². The third-order valence-corrected chi connectivity index (χ3v) is 5.22. The maximum Gasteiger partial charge on any atom is 0.284 e. The molecule has 0 saturated carbocycles. The van der Waals surface area contributed by atoms with Crippen LogP contribution in [-0.2, 0) is 0 Å². The van der Waals surface area contributed by atoms with E-state index in [1.807, 2.05) is 63.2 Å². The number of nitro benzene ring substituents is 1. The Balaban J connectivity index is 1.86. The van der Waals surface area contributed by atoms with Gasteiger partial charge in [0.15, 0.2) is 0 Å². The molecule has 0 aromatic heterocycles. The molecule has 0 aliphatic carbocycles. The van der Waals surface area contributed by atoms with Crippen molar-refractivity contribution in [1.29, 1.82) is 0 Å². The average Bonchev–Trinajstić information content (AvgIpc) is 2.62. The Labute approximate surface area is 167 Å². The van der Waals surface area contributed by atoms with Crippen molar-refractivity contribution in [1.82, 2.24) is 0 Å². The number of nitrogens with one attached hydrogen (secondary N) is 1. The number of benzene rings is 3. The van der Waals surface area contributed by atoms with E-state index in [9.17, 15) is 14.9 Å². The summed E-state index contributed by atoms with van der Waals surface area (Å²) >= 11 is 1.31. The number of rotatable bonds is 5. The molecule has 1 N–H and O–H groups in total. The van der Waals surface area contributed by atoms with E-state index in [1.54, 1.807) is 12.1 Å². The minimum atomic E-state index is -0.454. The zero-order valence-electron chi connectivity index (χ0n) is 15.9. The lowest BCUT2D eigenvalue weighted by Gasteiger charge is -2.09. The zero-order chi connectivity index (χ0) is 20.3. The summed E-state index contributed by atoms with van der Waals surface area (Å²) < 4.78 is 0. The molecular formula is C22H20N2O3S.